The van der Waals surface area contributed by atoms with Crippen molar-refractivity contribution in [1.82, 2.24) is 9.78 Å². The molecule has 1 amide bonds. The van der Waals surface area contributed by atoms with Crippen LogP contribution in [0, 0.1) is 6.92 Å². The average Bonchev–Trinajstić information content (AvgIpc) is 2.56. The van der Waals surface area contributed by atoms with E-state index in [-0.39, 0.29) is 11.3 Å². The van der Waals surface area contributed by atoms with Gasteiger partial charge in [0, 0.05) is 11.5 Å². The predicted molar refractivity (Wildman–Crippen MR) is 76.1 cm³/mol. The van der Waals surface area contributed by atoms with Gasteiger partial charge in [0.15, 0.2) is 5.82 Å². The number of hydrogen-bond acceptors (Lipinski definition) is 4. The number of anilines is 2. The molecule has 0 aliphatic carbocycles. The fourth-order valence-corrected chi connectivity index (χ4v) is 2.04. The number of carbonyl (C=O) groups excluding carboxylic acids is 1. The number of amides is 1. The van der Waals surface area contributed by atoms with Crippen molar-refractivity contribution in [3.05, 3.63) is 33.9 Å². The lowest BCUT2D eigenvalue weighted by molar-refractivity contribution is 0.102. The van der Waals surface area contributed by atoms with Crippen LogP contribution in [-0.4, -0.2) is 20.8 Å². The first-order chi connectivity index (χ1) is 8.90. The molecule has 0 unspecified atom stereocenters. The molecule has 19 heavy (non-hydrogen) atoms. The van der Waals surface area contributed by atoms with Gasteiger partial charge < -0.3 is 16.2 Å². The molecular formula is C12H13BrN4O2. The third-order valence-electron chi connectivity index (χ3n) is 2.70. The van der Waals surface area contributed by atoms with Crippen molar-refractivity contribution in [2.75, 3.05) is 11.1 Å². The molecule has 0 aliphatic heterocycles. The van der Waals surface area contributed by atoms with Gasteiger partial charge in [0.25, 0.3) is 5.91 Å². The van der Waals surface area contributed by atoms with E-state index in [1.807, 2.05) is 0 Å². The number of hydrogen-bond donors (Lipinski definition) is 3. The minimum absolute atomic E-state index is 0.107. The number of aromatic nitrogens is 2. The van der Waals surface area contributed by atoms with E-state index in [2.05, 4.69) is 26.3 Å². The molecule has 7 heteroatoms. The Morgan fingerprint density at radius 3 is 2.74 bits per heavy atom. The van der Waals surface area contributed by atoms with Crippen molar-refractivity contribution in [3.63, 3.8) is 0 Å². The second-order valence-electron chi connectivity index (χ2n) is 4.09. The smallest absolute Gasteiger partial charge is 0.260 e. The standard InChI is InChI=1S/C12H13BrN4O2/c1-6-10(14)11(17(2)16-6)15-12(19)8-4-3-7(13)5-9(8)18/h3-5,18H,14H2,1-2H3,(H,15,19). The van der Waals surface area contributed by atoms with Gasteiger partial charge in [-0.05, 0) is 25.1 Å². The summed E-state index contributed by atoms with van der Waals surface area (Å²) >= 11 is 3.21. The van der Waals surface area contributed by atoms with Gasteiger partial charge in [-0.25, -0.2) is 0 Å². The molecule has 6 nitrogen and oxygen atoms in total. The van der Waals surface area contributed by atoms with Crippen molar-refractivity contribution >= 4 is 33.3 Å². The molecular weight excluding hydrogens is 312 g/mol. The van der Waals surface area contributed by atoms with E-state index < -0.39 is 5.91 Å². The molecule has 0 saturated carbocycles. The monoisotopic (exact) mass is 324 g/mol. The number of halogens is 1. The van der Waals surface area contributed by atoms with Crippen LogP contribution >= 0.6 is 15.9 Å². The number of carbonyl (C=O) groups is 1. The van der Waals surface area contributed by atoms with E-state index in [1.54, 1.807) is 20.0 Å². The van der Waals surface area contributed by atoms with Crippen LogP contribution in [0.2, 0.25) is 0 Å². The minimum atomic E-state index is -0.445. The van der Waals surface area contributed by atoms with Crippen LogP contribution in [0.3, 0.4) is 0 Å². The summed E-state index contributed by atoms with van der Waals surface area (Å²) in [5.41, 5.74) is 7.04. The summed E-state index contributed by atoms with van der Waals surface area (Å²) in [6, 6.07) is 4.65. The summed E-state index contributed by atoms with van der Waals surface area (Å²) < 4.78 is 2.18. The highest BCUT2D eigenvalue weighted by atomic mass is 79.9. The van der Waals surface area contributed by atoms with Gasteiger partial charge in [0.05, 0.1) is 16.9 Å². The number of rotatable bonds is 2. The number of aryl methyl sites for hydroxylation is 2. The molecule has 0 bridgehead atoms. The maximum atomic E-state index is 12.1. The molecule has 0 atom stereocenters. The maximum Gasteiger partial charge on any atom is 0.260 e. The Balaban J connectivity index is 2.31. The highest BCUT2D eigenvalue weighted by molar-refractivity contribution is 9.10. The van der Waals surface area contributed by atoms with Crippen LogP contribution in [0.1, 0.15) is 16.1 Å². The first-order valence-electron chi connectivity index (χ1n) is 5.49. The zero-order valence-corrected chi connectivity index (χ0v) is 12.0. The third kappa shape index (κ3) is 2.55. The quantitative estimate of drug-likeness (QED) is 0.788. The second-order valence-corrected chi connectivity index (χ2v) is 5.00. The lowest BCUT2D eigenvalue weighted by Gasteiger charge is -2.08. The Morgan fingerprint density at radius 2 is 2.21 bits per heavy atom. The number of phenols is 1. The van der Waals surface area contributed by atoms with Crippen molar-refractivity contribution < 1.29 is 9.90 Å². The van der Waals surface area contributed by atoms with E-state index in [1.165, 1.54) is 16.8 Å². The number of aromatic hydroxyl groups is 1. The lowest BCUT2D eigenvalue weighted by atomic mass is 10.2. The summed E-state index contributed by atoms with van der Waals surface area (Å²) in [5.74, 6) is -0.145. The van der Waals surface area contributed by atoms with E-state index in [0.717, 1.165) is 0 Å². The van der Waals surface area contributed by atoms with E-state index in [0.29, 0.717) is 21.7 Å². The molecule has 0 aliphatic rings. The summed E-state index contributed by atoms with van der Waals surface area (Å²) in [7, 11) is 1.68. The van der Waals surface area contributed by atoms with Gasteiger partial charge in [-0.1, -0.05) is 15.9 Å². The normalized spacial score (nSPS) is 10.5. The van der Waals surface area contributed by atoms with Gasteiger partial charge in [-0.3, -0.25) is 9.48 Å². The van der Waals surface area contributed by atoms with Crippen LogP contribution in [0.25, 0.3) is 0 Å². The number of benzene rings is 1. The number of phenolic OH excluding ortho intramolecular Hbond substituents is 1. The highest BCUT2D eigenvalue weighted by Crippen LogP contribution is 2.25. The molecule has 4 N–H and O–H groups in total. The van der Waals surface area contributed by atoms with Crippen LogP contribution in [-0.2, 0) is 7.05 Å². The molecule has 1 heterocycles. The van der Waals surface area contributed by atoms with Gasteiger partial charge in [0.2, 0.25) is 0 Å². The molecule has 1 aromatic carbocycles. The average molecular weight is 325 g/mol. The third-order valence-corrected chi connectivity index (χ3v) is 3.20. The second kappa shape index (κ2) is 4.93. The van der Waals surface area contributed by atoms with Crippen molar-refractivity contribution in [2.45, 2.75) is 6.92 Å². The molecule has 2 rings (SSSR count). The molecule has 2 aromatic rings. The Bertz CT molecular complexity index is 651. The minimum Gasteiger partial charge on any atom is -0.507 e. The summed E-state index contributed by atoms with van der Waals surface area (Å²) in [6.07, 6.45) is 0. The predicted octanol–water partition coefficient (Wildman–Crippen LogP) is 2.03. The van der Waals surface area contributed by atoms with Gasteiger partial charge in [-0.2, -0.15) is 5.10 Å². The molecule has 0 fully saturated rings. The lowest BCUT2D eigenvalue weighted by Crippen LogP contribution is -2.15. The van der Waals surface area contributed by atoms with E-state index in [4.69, 9.17) is 5.73 Å². The maximum absolute atomic E-state index is 12.1. The number of nitrogens with zero attached hydrogens (tertiary/aromatic N) is 2. The molecule has 0 saturated heterocycles. The first-order valence-corrected chi connectivity index (χ1v) is 6.28. The molecule has 0 radical (unpaired) electrons. The van der Waals surface area contributed by atoms with Gasteiger partial charge in [0.1, 0.15) is 5.75 Å². The van der Waals surface area contributed by atoms with Crippen LogP contribution in [0.4, 0.5) is 11.5 Å². The molecule has 0 spiro atoms. The van der Waals surface area contributed by atoms with Crippen LogP contribution in [0.5, 0.6) is 5.75 Å². The fraction of sp³-hybridized carbons (Fsp3) is 0.167. The van der Waals surface area contributed by atoms with Crippen molar-refractivity contribution in [2.24, 2.45) is 7.05 Å². The summed E-state index contributed by atoms with van der Waals surface area (Å²) in [6.45, 7) is 1.75. The van der Waals surface area contributed by atoms with Crippen LogP contribution in [0.15, 0.2) is 22.7 Å². The zero-order valence-electron chi connectivity index (χ0n) is 10.4. The zero-order chi connectivity index (χ0) is 14.2. The number of nitrogens with two attached hydrogens (primary N) is 1. The topological polar surface area (TPSA) is 93.2 Å². The van der Waals surface area contributed by atoms with E-state index >= 15 is 0 Å². The van der Waals surface area contributed by atoms with Crippen molar-refractivity contribution in [3.8, 4) is 5.75 Å². The van der Waals surface area contributed by atoms with E-state index in [9.17, 15) is 9.90 Å². The largest absolute Gasteiger partial charge is 0.507 e. The fourth-order valence-electron chi connectivity index (χ4n) is 1.69. The Hall–Kier alpha value is -2.02. The Labute approximate surface area is 118 Å². The molecule has 100 valence electrons. The highest BCUT2D eigenvalue weighted by Gasteiger charge is 2.16. The van der Waals surface area contributed by atoms with Gasteiger partial charge >= 0.3 is 0 Å². The summed E-state index contributed by atoms with van der Waals surface area (Å²) in [4.78, 5) is 12.1. The number of nitrogen functional groups attached to an aromatic ring is 1. The van der Waals surface area contributed by atoms with Crippen molar-refractivity contribution in [1.29, 1.82) is 0 Å². The number of nitrogens with one attached hydrogen (secondary N) is 1. The first kappa shape index (κ1) is 13.4. The molecule has 1 aromatic heterocycles. The van der Waals surface area contributed by atoms with Crippen LogP contribution < -0.4 is 11.1 Å². The Kier molecular flexibility index (Phi) is 3.48. The van der Waals surface area contributed by atoms with Gasteiger partial charge in [-0.15, -0.1) is 0 Å². The Morgan fingerprint density at radius 1 is 1.53 bits per heavy atom. The SMILES string of the molecule is Cc1nn(C)c(NC(=O)c2ccc(Br)cc2O)c1N. The summed E-state index contributed by atoms with van der Waals surface area (Å²) in [5, 5.41) is 16.5.